The minimum atomic E-state index is -1.16. The molecule has 5 nitrogen and oxygen atoms in total. The Balaban J connectivity index is 2.04. The van der Waals surface area contributed by atoms with Gasteiger partial charge in [-0.3, -0.25) is 9.59 Å². The number of piperidine rings is 1. The molecule has 1 aliphatic heterocycles. The number of carbonyl (C=O) groups is 2. The highest BCUT2D eigenvalue weighted by molar-refractivity contribution is 6.02. The molecule has 0 aromatic rings. The van der Waals surface area contributed by atoms with Crippen molar-refractivity contribution in [2.24, 2.45) is 5.41 Å². The maximum atomic E-state index is 12.2. The van der Waals surface area contributed by atoms with E-state index >= 15 is 0 Å². The van der Waals surface area contributed by atoms with Crippen LogP contribution in [0.2, 0.25) is 0 Å². The van der Waals surface area contributed by atoms with Gasteiger partial charge in [-0.05, 0) is 32.6 Å². The zero-order valence-corrected chi connectivity index (χ0v) is 10.1. The maximum absolute atomic E-state index is 12.2. The lowest BCUT2D eigenvalue weighted by atomic mass is 9.67. The molecule has 0 unspecified atom stereocenters. The van der Waals surface area contributed by atoms with Crippen LogP contribution in [-0.2, 0) is 9.59 Å². The molecule has 0 bridgehead atoms. The summed E-state index contributed by atoms with van der Waals surface area (Å²) in [6.45, 7) is 2.67. The Hall–Kier alpha value is -1.10. The molecule has 17 heavy (non-hydrogen) atoms. The highest BCUT2D eigenvalue weighted by Gasteiger charge is 2.53. The first-order valence-corrected chi connectivity index (χ1v) is 6.13. The van der Waals surface area contributed by atoms with Gasteiger partial charge in [0.05, 0.1) is 5.60 Å². The monoisotopic (exact) mass is 241 g/mol. The number of aliphatic hydroxyl groups is 1. The van der Waals surface area contributed by atoms with Crippen LogP contribution in [-0.4, -0.2) is 45.7 Å². The minimum Gasteiger partial charge on any atom is -0.480 e. The molecule has 1 heterocycles. The molecular formula is C12H19NO4. The second-order valence-corrected chi connectivity index (χ2v) is 5.53. The average Bonchev–Trinajstić information content (AvgIpc) is 2.14. The summed E-state index contributed by atoms with van der Waals surface area (Å²) in [7, 11) is 0. The van der Waals surface area contributed by atoms with E-state index in [0.717, 1.165) is 6.42 Å². The van der Waals surface area contributed by atoms with Crippen LogP contribution in [0.4, 0.5) is 0 Å². The van der Waals surface area contributed by atoms with Gasteiger partial charge >= 0.3 is 5.97 Å². The minimum absolute atomic E-state index is 0.258. The Morgan fingerprint density at radius 1 is 1.12 bits per heavy atom. The van der Waals surface area contributed by atoms with Gasteiger partial charge in [-0.15, -0.1) is 0 Å². The molecular weight excluding hydrogens is 222 g/mol. The van der Waals surface area contributed by atoms with Crippen LogP contribution in [0.5, 0.6) is 0 Å². The van der Waals surface area contributed by atoms with Crippen LogP contribution < -0.4 is 0 Å². The second kappa shape index (κ2) is 3.98. The normalized spacial score (nSPS) is 26.1. The summed E-state index contributed by atoms with van der Waals surface area (Å²) in [5.74, 6) is -1.25. The fourth-order valence-electron chi connectivity index (χ4n) is 2.54. The van der Waals surface area contributed by atoms with Crippen LogP contribution in [0.25, 0.3) is 0 Å². The Morgan fingerprint density at radius 3 is 2.00 bits per heavy atom. The third-order valence-corrected chi connectivity index (χ3v) is 4.15. The molecule has 5 heteroatoms. The number of hydrogen-bond donors (Lipinski definition) is 2. The Labute approximate surface area is 100 Å². The van der Waals surface area contributed by atoms with Crippen molar-refractivity contribution in [1.29, 1.82) is 0 Å². The quantitative estimate of drug-likeness (QED) is 0.694. The van der Waals surface area contributed by atoms with E-state index in [1.54, 1.807) is 11.8 Å². The van der Waals surface area contributed by atoms with E-state index in [4.69, 9.17) is 0 Å². The van der Waals surface area contributed by atoms with Crippen LogP contribution in [0, 0.1) is 5.41 Å². The topological polar surface area (TPSA) is 77.8 Å². The predicted molar refractivity (Wildman–Crippen MR) is 60.4 cm³/mol. The summed E-state index contributed by atoms with van der Waals surface area (Å²) in [6, 6.07) is 0. The molecule has 96 valence electrons. The summed E-state index contributed by atoms with van der Waals surface area (Å²) < 4.78 is 0. The molecule has 2 N–H and O–H groups in total. The first-order chi connectivity index (χ1) is 7.87. The average molecular weight is 241 g/mol. The van der Waals surface area contributed by atoms with Gasteiger partial charge in [0.25, 0.3) is 0 Å². The number of aliphatic carboxylic acids is 1. The van der Waals surface area contributed by atoms with Gasteiger partial charge in [-0.25, -0.2) is 0 Å². The number of carboxylic acid groups (broad SMARTS) is 1. The van der Waals surface area contributed by atoms with E-state index < -0.39 is 17.0 Å². The molecule has 1 saturated carbocycles. The Morgan fingerprint density at radius 2 is 1.65 bits per heavy atom. The van der Waals surface area contributed by atoms with Crippen molar-refractivity contribution in [1.82, 2.24) is 4.90 Å². The zero-order chi connectivity index (χ0) is 12.7. The standard InChI is InChI=1S/C12H19NO4/c1-11(17)5-7-13(8-6-11)9(14)12(10(15)16)3-2-4-12/h17H,2-8H2,1H3,(H,15,16). The SMILES string of the molecule is CC1(O)CCN(C(=O)C2(C(=O)O)CCC2)CC1. The van der Waals surface area contributed by atoms with Crippen molar-refractivity contribution < 1.29 is 19.8 Å². The van der Waals surface area contributed by atoms with E-state index in [9.17, 15) is 19.8 Å². The molecule has 1 saturated heterocycles. The molecule has 1 aliphatic carbocycles. The number of nitrogens with zero attached hydrogens (tertiary/aromatic N) is 1. The number of hydrogen-bond acceptors (Lipinski definition) is 3. The third kappa shape index (κ3) is 2.04. The van der Waals surface area contributed by atoms with Crippen LogP contribution >= 0.6 is 0 Å². The lowest BCUT2D eigenvalue weighted by molar-refractivity contribution is -0.169. The predicted octanol–water partition coefficient (Wildman–Crippen LogP) is 0.615. The molecule has 2 rings (SSSR count). The van der Waals surface area contributed by atoms with Crippen molar-refractivity contribution in [2.75, 3.05) is 13.1 Å². The number of likely N-dealkylation sites (tertiary alicyclic amines) is 1. The van der Waals surface area contributed by atoms with Gasteiger partial charge in [0, 0.05) is 13.1 Å². The van der Waals surface area contributed by atoms with Crippen molar-refractivity contribution >= 4 is 11.9 Å². The number of rotatable bonds is 2. The van der Waals surface area contributed by atoms with Gasteiger partial charge in [0.15, 0.2) is 0 Å². The highest BCUT2D eigenvalue weighted by atomic mass is 16.4. The molecule has 0 atom stereocenters. The van der Waals surface area contributed by atoms with Crippen molar-refractivity contribution in [3.8, 4) is 0 Å². The van der Waals surface area contributed by atoms with Crippen molar-refractivity contribution in [2.45, 2.75) is 44.6 Å². The molecule has 2 aliphatic rings. The van der Waals surface area contributed by atoms with Gasteiger partial charge in [-0.2, -0.15) is 0 Å². The van der Waals surface area contributed by atoms with E-state index in [1.807, 2.05) is 0 Å². The first-order valence-electron chi connectivity index (χ1n) is 6.13. The summed E-state index contributed by atoms with van der Waals surface area (Å²) in [5.41, 5.74) is -1.88. The first kappa shape index (κ1) is 12.4. The molecule has 2 fully saturated rings. The smallest absolute Gasteiger partial charge is 0.319 e. The second-order valence-electron chi connectivity index (χ2n) is 5.53. The third-order valence-electron chi connectivity index (χ3n) is 4.15. The molecule has 0 aromatic heterocycles. The van der Waals surface area contributed by atoms with Gasteiger partial charge in [0.1, 0.15) is 5.41 Å². The summed E-state index contributed by atoms with van der Waals surface area (Å²) in [4.78, 5) is 25.0. The fraction of sp³-hybridized carbons (Fsp3) is 0.833. The van der Waals surface area contributed by atoms with E-state index in [1.165, 1.54) is 0 Å². The maximum Gasteiger partial charge on any atom is 0.319 e. The number of carbonyl (C=O) groups excluding carboxylic acids is 1. The Kier molecular flexibility index (Phi) is 2.89. The van der Waals surface area contributed by atoms with Gasteiger partial charge in [0.2, 0.25) is 5.91 Å². The molecule has 0 radical (unpaired) electrons. The van der Waals surface area contributed by atoms with Gasteiger partial charge in [-0.1, -0.05) is 6.42 Å². The lowest BCUT2D eigenvalue weighted by Gasteiger charge is -2.43. The van der Waals surface area contributed by atoms with Gasteiger partial charge < -0.3 is 15.1 Å². The summed E-state index contributed by atoms with van der Waals surface area (Å²) in [6.07, 6.45) is 2.76. The Bertz CT molecular complexity index is 336. The van der Waals surface area contributed by atoms with E-state index in [0.29, 0.717) is 38.8 Å². The lowest BCUT2D eigenvalue weighted by Crippen LogP contribution is -2.55. The largest absolute Gasteiger partial charge is 0.480 e. The summed E-state index contributed by atoms with van der Waals surface area (Å²) in [5, 5.41) is 19.0. The van der Waals surface area contributed by atoms with E-state index in [-0.39, 0.29) is 5.91 Å². The highest BCUT2D eigenvalue weighted by Crippen LogP contribution is 2.43. The zero-order valence-electron chi connectivity index (χ0n) is 10.1. The molecule has 1 amide bonds. The van der Waals surface area contributed by atoms with Crippen molar-refractivity contribution in [3.05, 3.63) is 0 Å². The molecule has 0 aromatic carbocycles. The number of amides is 1. The van der Waals surface area contributed by atoms with Crippen molar-refractivity contribution in [3.63, 3.8) is 0 Å². The van der Waals surface area contributed by atoms with E-state index in [2.05, 4.69) is 0 Å². The van der Waals surface area contributed by atoms with Crippen LogP contribution in [0.15, 0.2) is 0 Å². The van der Waals surface area contributed by atoms with Crippen LogP contribution in [0.3, 0.4) is 0 Å². The molecule has 0 spiro atoms. The fourth-order valence-corrected chi connectivity index (χ4v) is 2.54. The summed E-state index contributed by atoms with van der Waals surface area (Å²) >= 11 is 0. The number of carboxylic acids is 1. The van der Waals surface area contributed by atoms with Crippen LogP contribution in [0.1, 0.15) is 39.0 Å².